The van der Waals surface area contributed by atoms with E-state index in [1.807, 2.05) is 19.9 Å². The van der Waals surface area contributed by atoms with Gasteiger partial charge in [-0.2, -0.15) is 0 Å². The first kappa shape index (κ1) is 16.1. The van der Waals surface area contributed by atoms with Crippen molar-refractivity contribution in [2.75, 3.05) is 5.32 Å². The molecular formula is C17H16N4O2S. The topological polar surface area (TPSA) is 88.0 Å². The molecule has 0 aliphatic rings. The van der Waals surface area contributed by atoms with Gasteiger partial charge in [0.15, 0.2) is 0 Å². The first-order chi connectivity index (χ1) is 11.5. The van der Waals surface area contributed by atoms with E-state index in [2.05, 4.69) is 20.3 Å². The summed E-state index contributed by atoms with van der Waals surface area (Å²) in [7, 11) is 0. The van der Waals surface area contributed by atoms with Crippen molar-refractivity contribution in [3.8, 4) is 10.6 Å². The predicted octanol–water partition coefficient (Wildman–Crippen LogP) is 3.53. The zero-order valence-electron chi connectivity index (χ0n) is 13.3. The molecule has 0 bridgehead atoms. The Balaban J connectivity index is 1.73. The molecule has 0 saturated carbocycles. The van der Waals surface area contributed by atoms with Crippen LogP contribution in [0.5, 0.6) is 0 Å². The molecule has 0 spiro atoms. The second-order valence-electron chi connectivity index (χ2n) is 5.27. The number of aromatic nitrogens is 3. The monoisotopic (exact) mass is 340 g/mol. The van der Waals surface area contributed by atoms with Gasteiger partial charge in [0.1, 0.15) is 0 Å². The van der Waals surface area contributed by atoms with E-state index in [0.29, 0.717) is 12.5 Å². The molecule has 0 unspecified atom stereocenters. The molecule has 3 rings (SSSR count). The number of aromatic carboxylic acids is 1. The van der Waals surface area contributed by atoms with Gasteiger partial charge in [0.05, 0.1) is 26.8 Å². The number of aryl methyl sites for hydroxylation is 2. The van der Waals surface area contributed by atoms with Gasteiger partial charge in [0.25, 0.3) is 0 Å². The average molecular weight is 340 g/mol. The Bertz CT molecular complexity index is 875. The van der Waals surface area contributed by atoms with Crippen LogP contribution in [0.1, 0.15) is 26.6 Å². The summed E-state index contributed by atoms with van der Waals surface area (Å²) >= 11 is 1.61. The van der Waals surface area contributed by atoms with Crippen molar-refractivity contribution in [1.82, 2.24) is 15.0 Å². The standard InChI is InChI=1S/C17H16N4O2S/c1-10-15(24-11(2)20-10)14-7-8-18-17(21-14)19-9-12-3-5-13(6-4-12)16(22)23/h3-8H,9H2,1-2H3,(H,22,23)(H,18,19,21). The SMILES string of the molecule is Cc1nc(C)c(-c2ccnc(NCc3ccc(C(=O)O)cc3)n2)s1. The van der Waals surface area contributed by atoms with Crippen LogP contribution in [0.2, 0.25) is 0 Å². The van der Waals surface area contributed by atoms with E-state index < -0.39 is 5.97 Å². The minimum Gasteiger partial charge on any atom is -0.478 e. The summed E-state index contributed by atoms with van der Waals surface area (Å²) in [5.74, 6) is -0.402. The van der Waals surface area contributed by atoms with Crippen molar-refractivity contribution in [3.05, 3.63) is 58.4 Å². The van der Waals surface area contributed by atoms with E-state index in [-0.39, 0.29) is 5.56 Å². The highest BCUT2D eigenvalue weighted by Gasteiger charge is 2.10. The maximum atomic E-state index is 10.9. The summed E-state index contributed by atoms with van der Waals surface area (Å²) in [4.78, 5) is 25.1. The van der Waals surface area contributed by atoms with Crippen LogP contribution in [0, 0.1) is 13.8 Å². The fourth-order valence-electron chi connectivity index (χ4n) is 2.29. The quantitative estimate of drug-likeness (QED) is 0.739. The molecule has 3 aromatic rings. The summed E-state index contributed by atoms with van der Waals surface area (Å²) in [6.45, 7) is 4.46. The molecule has 24 heavy (non-hydrogen) atoms. The Morgan fingerprint density at radius 2 is 1.92 bits per heavy atom. The van der Waals surface area contributed by atoms with Crippen LogP contribution in [0.4, 0.5) is 5.95 Å². The number of carboxylic acids is 1. The van der Waals surface area contributed by atoms with Gasteiger partial charge in [-0.25, -0.2) is 19.7 Å². The van der Waals surface area contributed by atoms with Crippen LogP contribution in [0.15, 0.2) is 36.5 Å². The summed E-state index contributed by atoms with van der Waals surface area (Å²) in [6, 6.07) is 8.58. The lowest BCUT2D eigenvalue weighted by molar-refractivity contribution is 0.0697. The minimum atomic E-state index is -0.930. The second-order valence-corrected chi connectivity index (χ2v) is 6.47. The molecule has 0 fully saturated rings. The predicted molar refractivity (Wildman–Crippen MR) is 93.3 cm³/mol. The number of rotatable bonds is 5. The normalized spacial score (nSPS) is 10.6. The van der Waals surface area contributed by atoms with Gasteiger partial charge in [-0.1, -0.05) is 12.1 Å². The Labute approximate surface area is 143 Å². The zero-order valence-corrected chi connectivity index (χ0v) is 14.1. The molecule has 0 atom stereocenters. The van der Waals surface area contributed by atoms with E-state index in [9.17, 15) is 4.79 Å². The first-order valence-corrected chi connectivity index (χ1v) is 8.18. The van der Waals surface area contributed by atoms with Crippen LogP contribution in [-0.4, -0.2) is 26.0 Å². The van der Waals surface area contributed by atoms with Gasteiger partial charge in [0.2, 0.25) is 5.95 Å². The highest BCUT2D eigenvalue weighted by molar-refractivity contribution is 7.15. The Kier molecular flexibility index (Phi) is 4.52. The van der Waals surface area contributed by atoms with Crippen molar-refractivity contribution in [1.29, 1.82) is 0 Å². The fraction of sp³-hybridized carbons (Fsp3) is 0.176. The molecule has 0 amide bonds. The number of benzene rings is 1. The van der Waals surface area contributed by atoms with Gasteiger partial charge in [-0.05, 0) is 37.6 Å². The number of nitrogens with one attached hydrogen (secondary N) is 1. The molecular weight excluding hydrogens is 324 g/mol. The van der Waals surface area contributed by atoms with Crippen LogP contribution in [0.25, 0.3) is 10.6 Å². The third kappa shape index (κ3) is 3.57. The average Bonchev–Trinajstić information content (AvgIpc) is 2.92. The minimum absolute atomic E-state index is 0.271. The van der Waals surface area contributed by atoms with Gasteiger partial charge in [-0.15, -0.1) is 11.3 Å². The van der Waals surface area contributed by atoms with Crippen molar-refractivity contribution in [2.24, 2.45) is 0 Å². The van der Waals surface area contributed by atoms with Gasteiger partial charge in [0, 0.05) is 12.7 Å². The first-order valence-electron chi connectivity index (χ1n) is 7.36. The van der Waals surface area contributed by atoms with Crippen LogP contribution in [0.3, 0.4) is 0 Å². The third-order valence-electron chi connectivity index (χ3n) is 3.44. The van der Waals surface area contributed by atoms with Crippen molar-refractivity contribution < 1.29 is 9.90 Å². The molecule has 0 saturated heterocycles. The van der Waals surface area contributed by atoms with Crippen molar-refractivity contribution in [2.45, 2.75) is 20.4 Å². The van der Waals surface area contributed by atoms with E-state index in [4.69, 9.17) is 5.11 Å². The molecule has 2 aromatic heterocycles. The lowest BCUT2D eigenvalue weighted by Crippen LogP contribution is -2.04. The maximum Gasteiger partial charge on any atom is 0.335 e. The largest absolute Gasteiger partial charge is 0.478 e. The highest BCUT2D eigenvalue weighted by atomic mass is 32.1. The van der Waals surface area contributed by atoms with E-state index in [1.54, 1.807) is 41.8 Å². The van der Waals surface area contributed by atoms with Gasteiger partial charge >= 0.3 is 5.97 Å². The number of nitrogens with zero attached hydrogens (tertiary/aromatic N) is 3. The number of hydrogen-bond donors (Lipinski definition) is 2. The molecule has 1 aromatic carbocycles. The van der Waals surface area contributed by atoms with Gasteiger partial charge < -0.3 is 10.4 Å². The lowest BCUT2D eigenvalue weighted by Gasteiger charge is -2.06. The number of carboxylic acid groups (broad SMARTS) is 1. The Morgan fingerprint density at radius 1 is 1.17 bits per heavy atom. The van der Waals surface area contributed by atoms with Crippen LogP contribution in [-0.2, 0) is 6.54 Å². The van der Waals surface area contributed by atoms with Crippen LogP contribution < -0.4 is 5.32 Å². The molecule has 6 nitrogen and oxygen atoms in total. The zero-order chi connectivity index (χ0) is 17.1. The molecule has 0 aliphatic heterocycles. The maximum absolute atomic E-state index is 10.9. The van der Waals surface area contributed by atoms with E-state index in [1.165, 1.54) is 0 Å². The molecule has 7 heteroatoms. The molecule has 2 N–H and O–H groups in total. The molecule has 0 aliphatic carbocycles. The number of hydrogen-bond acceptors (Lipinski definition) is 6. The number of thiazole rings is 1. The molecule has 0 radical (unpaired) electrons. The molecule has 122 valence electrons. The van der Waals surface area contributed by atoms with Crippen LogP contribution >= 0.6 is 11.3 Å². The van der Waals surface area contributed by atoms with E-state index >= 15 is 0 Å². The number of anilines is 1. The Morgan fingerprint density at radius 3 is 2.54 bits per heavy atom. The summed E-state index contributed by atoms with van der Waals surface area (Å²) in [5.41, 5.74) is 3.04. The highest BCUT2D eigenvalue weighted by Crippen LogP contribution is 2.28. The third-order valence-corrected chi connectivity index (χ3v) is 4.54. The lowest BCUT2D eigenvalue weighted by atomic mass is 10.1. The van der Waals surface area contributed by atoms with E-state index in [0.717, 1.165) is 26.8 Å². The molecule has 2 heterocycles. The van der Waals surface area contributed by atoms with Crippen molar-refractivity contribution in [3.63, 3.8) is 0 Å². The number of carbonyl (C=O) groups is 1. The fourth-order valence-corrected chi connectivity index (χ4v) is 3.18. The van der Waals surface area contributed by atoms with Gasteiger partial charge in [-0.3, -0.25) is 0 Å². The summed E-state index contributed by atoms with van der Waals surface area (Å²) in [6.07, 6.45) is 1.71. The smallest absolute Gasteiger partial charge is 0.335 e. The summed E-state index contributed by atoms with van der Waals surface area (Å²) in [5, 5.41) is 13.1. The Hall–Kier alpha value is -2.80. The second kappa shape index (κ2) is 6.76. The van der Waals surface area contributed by atoms with Crippen molar-refractivity contribution >= 4 is 23.3 Å². The summed E-state index contributed by atoms with van der Waals surface area (Å²) < 4.78 is 0.